The fourth-order valence-electron chi connectivity index (χ4n) is 3.96. The van der Waals surface area contributed by atoms with Gasteiger partial charge >= 0.3 is 0 Å². The van der Waals surface area contributed by atoms with E-state index in [1.165, 1.54) is 6.92 Å². The predicted molar refractivity (Wildman–Crippen MR) is 108 cm³/mol. The average molecular weight is 386 g/mol. The minimum absolute atomic E-state index is 0.0233. The number of likely N-dealkylation sites (tertiary alicyclic amines) is 1. The number of piperidine rings is 1. The smallest absolute Gasteiger partial charge is 0.238 e. The maximum Gasteiger partial charge on any atom is 0.238 e. The first-order valence-electron chi connectivity index (χ1n) is 10.2. The molecule has 2 saturated heterocycles. The van der Waals surface area contributed by atoms with E-state index < -0.39 is 0 Å². The highest BCUT2D eigenvalue weighted by Crippen LogP contribution is 2.17. The number of hydrogen-bond donors (Lipinski definition) is 3. The number of nitrogens with zero attached hydrogens (tertiary/aromatic N) is 1. The summed E-state index contributed by atoms with van der Waals surface area (Å²) in [5.74, 6) is 0.357. The summed E-state index contributed by atoms with van der Waals surface area (Å²) < 4.78 is 0. The van der Waals surface area contributed by atoms with Crippen LogP contribution >= 0.6 is 0 Å². The van der Waals surface area contributed by atoms with Gasteiger partial charge in [-0.3, -0.25) is 19.3 Å². The van der Waals surface area contributed by atoms with Crippen LogP contribution < -0.4 is 16.0 Å². The van der Waals surface area contributed by atoms with E-state index in [2.05, 4.69) is 20.9 Å². The second-order valence-corrected chi connectivity index (χ2v) is 7.82. The molecule has 0 radical (unpaired) electrons. The van der Waals surface area contributed by atoms with Gasteiger partial charge in [-0.25, -0.2) is 0 Å². The van der Waals surface area contributed by atoms with Crippen LogP contribution in [0.15, 0.2) is 24.3 Å². The summed E-state index contributed by atoms with van der Waals surface area (Å²) in [5.41, 5.74) is 1.23. The summed E-state index contributed by atoms with van der Waals surface area (Å²) in [6, 6.07) is 6.95. The zero-order valence-corrected chi connectivity index (χ0v) is 16.5. The molecule has 2 unspecified atom stereocenters. The van der Waals surface area contributed by atoms with Gasteiger partial charge in [-0.15, -0.1) is 0 Å². The maximum atomic E-state index is 12.4. The Morgan fingerprint density at radius 1 is 1.21 bits per heavy atom. The van der Waals surface area contributed by atoms with E-state index in [0.717, 1.165) is 45.3 Å². The van der Waals surface area contributed by atoms with Crippen LogP contribution in [0.1, 0.15) is 43.0 Å². The molecule has 2 aliphatic rings. The molecule has 2 aliphatic heterocycles. The fraction of sp³-hybridized carbons (Fsp3) is 0.571. The number of carbonyl (C=O) groups is 3. The molecule has 152 valence electrons. The molecule has 2 fully saturated rings. The zero-order valence-electron chi connectivity index (χ0n) is 16.5. The highest BCUT2D eigenvalue weighted by molar-refractivity contribution is 5.97. The van der Waals surface area contributed by atoms with Crippen molar-refractivity contribution in [3.05, 3.63) is 29.8 Å². The number of Topliss-reactive ketones (excluding diaryl/α,β-unsaturated/α-hetero) is 1. The molecule has 0 aromatic heterocycles. The van der Waals surface area contributed by atoms with Crippen molar-refractivity contribution in [1.82, 2.24) is 15.5 Å². The summed E-state index contributed by atoms with van der Waals surface area (Å²) in [4.78, 5) is 38.2. The minimum Gasteiger partial charge on any atom is -0.354 e. The predicted octanol–water partition coefficient (Wildman–Crippen LogP) is 1.41. The Morgan fingerprint density at radius 3 is 2.82 bits per heavy atom. The first-order chi connectivity index (χ1) is 13.5. The standard InChI is InChI=1S/C21H30N4O3/c1-15(26)17-6-2-7-18(11-17)24-20(27)14-25-10-4-5-16(13-25)12-23-21(28)19-8-3-9-22-19/h2,6-7,11,16,19,22H,3-5,8-10,12-14H2,1H3,(H,23,28)(H,24,27). The number of amides is 2. The number of nitrogens with one attached hydrogen (secondary N) is 3. The summed E-state index contributed by atoms with van der Waals surface area (Å²) >= 11 is 0. The zero-order chi connectivity index (χ0) is 19.9. The highest BCUT2D eigenvalue weighted by Gasteiger charge is 2.25. The molecule has 0 saturated carbocycles. The number of hydrogen-bond acceptors (Lipinski definition) is 5. The van der Waals surface area contributed by atoms with Gasteiger partial charge in [0.25, 0.3) is 0 Å². The SMILES string of the molecule is CC(=O)c1cccc(NC(=O)CN2CCCC(CNC(=O)C3CCCN3)C2)c1. The molecule has 7 nitrogen and oxygen atoms in total. The summed E-state index contributed by atoms with van der Waals surface area (Å²) in [5, 5.41) is 9.16. The quantitative estimate of drug-likeness (QED) is 0.617. The van der Waals surface area contributed by atoms with Crippen molar-refractivity contribution >= 4 is 23.3 Å². The van der Waals surface area contributed by atoms with E-state index in [1.807, 2.05) is 0 Å². The average Bonchev–Trinajstić information content (AvgIpc) is 3.21. The number of ketones is 1. The molecule has 7 heteroatoms. The van der Waals surface area contributed by atoms with Crippen molar-refractivity contribution in [2.45, 2.75) is 38.6 Å². The van der Waals surface area contributed by atoms with Gasteiger partial charge in [0.15, 0.2) is 5.78 Å². The highest BCUT2D eigenvalue weighted by atomic mass is 16.2. The third-order valence-electron chi connectivity index (χ3n) is 5.46. The third-order valence-corrected chi connectivity index (χ3v) is 5.46. The molecular formula is C21H30N4O3. The van der Waals surface area contributed by atoms with E-state index in [1.54, 1.807) is 24.3 Å². The molecule has 1 aromatic carbocycles. The van der Waals surface area contributed by atoms with Crippen LogP contribution in [0.4, 0.5) is 5.69 Å². The van der Waals surface area contributed by atoms with E-state index in [-0.39, 0.29) is 23.6 Å². The fourth-order valence-corrected chi connectivity index (χ4v) is 3.96. The number of carbonyl (C=O) groups excluding carboxylic acids is 3. The molecular weight excluding hydrogens is 356 g/mol. The molecule has 0 spiro atoms. The van der Waals surface area contributed by atoms with Gasteiger partial charge in [-0.2, -0.15) is 0 Å². The van der Waals surface area contributed by atoms with Gasteiger partial charge in [-0.1, -0.05) is 12.1 Å². The Balaban J connectivity index is 1.43. The van der Waals surface area contributed by atoms with Crippen LogP contribution in [0.2, 0.25) is 0 Å². The van der Waals surface area contributed by atoms with Crippen molar-refractivity contribution in [1.29, 1.82) is 0 Å². The van der Waals surface area contributed by atoms with E-state index >= 15 is 0 Å². The van der Waals surface area contributed by atoms with Crippen LogP contribution in [0.3, 0.4) is 0 Å². The van der Waals surface area contributed by atoms with Gasteiger partial charge in [0.2, 0.25) is 11.8 Å². The van der Waals surface area contributed by atoms with E-state index in [0.29, 0.717) is 30.3 Å². The van der Waals surface area contributed by atoms with Crippen LogP contribution in [0, 0.1) is 5.92 Å². The normalized spacial score (nSPS) is 22.6. The molecule has 28 heavy (non-hydrogen) atoms. The largest absolute Gasteiger partial charge is 0.354 e. The Kier molecular flexibility index (Phi) is 7.17. The molecule has 3 N–H and O–H groups in total. The first kappa shape index (κ1) is 20.5. The summed E-state index contributed by atoms with van der Waals surface area (Å²) in [6.07, 6.45) is 4.06. The van der Waals surface area contributed by atoms with Crippen molar-refractivity contribution < 1.29 is 14.4 Å². The maximum absolute atomic E-state index is 12.4. The van der Waals surface area contributed by atoms with Gasteiger partial charge in [-0.05, 0) is 63.7 Å². The van der Waals surface area contributed by atoms with Crippen LogP contribution in [-0.4, -0.2) is 61.3 Å². The molecule has 2 atom stereocenters. The van der Waals surface area contributed by atoms with Gasteiger partial charge in [0.1, 0.15) is 0 Å². The molecule has 1 aromatic rings. The lowest BCUT2D eigenvalue weighted by molar-refractivity contribution is -0.123. The van der Waals surface area contributed by atoms with Gasteiger partial charge in [0.05, 0.1) is 12.6 Å². The minimum atomic E-state index is -0.0828. The topological polar surface area (TPSA) is 90.5 Å². The molecule has 0 bridgehead atoms. The Labute approximate surface area is 166 Å². The van der Waals surface area contributed by atoms with Crippen molar-refractivity contribution in [2.75, 3.05) is 38.0 Å². The lowest BCUT2D eigenvalue weighted by Gasteiger charge is -2.32. The Hall–Kier alpha value is -2.25. The lowest BCUT2D eigenvalue weighted by atomic mass is 9.98. The molecule has 2 heterocycles. The summed E-state index contributed by atoms with van der Waals surface area (Å²) in [6.45, 7) is 5.10. The first-order valence-corrected chi connectivity index (χ1v) is 10.2. The third kappa shape index (κ3) is 5.87. The van der Waals surface area contributed by atoms with Crippen LogP contribution in [0.5, 0.6) is 0 Å². The van der Waals surface area contributed by atoms with Crippen LogP contribution in [-0.2, 0) is 9.59 Å². The van der Waals surface area contributed by atoms with Crippen molar-refractivity contribution in [3.63, 3.8) is 0 Å². The van der Waals surface area contributed by atoms with Crippen LogP contribution in [0.25, 0.3) is 0 Å². The lowest BCUT2D eigenvalue weighted by Crippen LogP contribution is -2.46. The Bertz CT molecular complexity index is 715. The van der Waals surface area contributed by atoms with E-state index in [4.69, 9.17) is 0 Å². The van der Waals surface area contributed by atoms with Crippen molar-refractivity contribution in [2.24, 2.45) is 5.92 Å². The summed E-state index contributed by atoms with van der Waals surface area (Å²) in [7, 11) is 0. The number of rotatable bonds is 7. The van der Waals surface area contributed by atoms with Gasteiger partial charge < -0.3 is 16.0 Å². The molecule has 3 rings (SSSR count). The van der Waals surface area contributed by atoms with Gasteiger partial charge in [0, 0.05) is 24.3 Å². The second kappa shape index (κ2) is 9.80. The number of benzene rings is 1. The number of anilines is 1. The monoisotopic (exact) mass is 386 g/mol. The van der Waals surface area contributed by atoms with Crippen molar-refractivity contribution in [3.8, 4) is 0 Å². The van der Waals surface area contributed by atoms with E-state index in [9.17, 15) is 14.4 Å². The molecule has 2 amide bonds. The molecule has 0 aliphatic carbocycles. The second-order valence-electron chi connectivity index (χ2n) is 7.82. The Morgan fingerprint density at radius 2 is 2.07 bits per heavy atom.